The Morgan fingerprint density at radius 1 is 1.20 bits per heavy atom. The van der Waals surface area contributed by atoms with Crippen molar-refractivity contribution in [3.63, 3.8) is 0 Å². The summed E-state index contributed by atoms with van der Waals surface area (Å²) >= 11 is 0. The molecule has 0 saturated heterocycles. The van der Waals surface area contributed by atoms with E-state index in [1.54, 1.807) is 0 Å². The van der Waals surface area contributed by atoms with Crippen LogP contribution in [0.3, 0.4) is 0 Å². The third-order valence-corrected chi connectivity index (χ3v) is 2.72. The summed E-state index contributed by atoms with van der Waals surface area (Å²) in [6.45, 7) is 6.44. The molecule has 2 amide bonds. The standard InChI is InChI=1S/C15H22N2O3/c1-11(2)13-5-4-6-14(9-13)20-10-15(19)17-8-7-16-12(3)18/h4-6,9,11H,7-8,10H2,1-3H3,(H,16,18)(H,17,19). The Balaban J connectivity index is 2.30. The zero-order valence-corrected chi connectivity index (χ0v) is 12.2. The minimum Gasteiger partial charge on any atom is -0.484 e. The van der Waals surface area contributed by atoms with Crippen LogP contribution in [-0.2, 0) is 9.59 Å². The monoisotopic (exact) mass is 278 g/mol. The molecule has 0 spiro atoms. The average Bonchev–Trinajstić information content (AvgIpc) is 2.41. The molecule has 0 fully saturated rings. The summed E-state index contributed by atoms with van der Waals surface area (Å²) < 4.78 is 5.44. The molecule has 0 unspecified atom stereocenters. The fourth-order valence-corrected chi connectivity index (χ4v) is 1.60. The molecule has 5 heteroatoms. The summed E-state index contributed by atoms with van der Waals surface area (Å²) in [5, 5.41) is 5.27. The summed E-state index contributed by atoms with van der Waals surface area (Å²) in [6, 6.07) is 7.72. The van der Waals surface area contributed by atoms with E-state index in [1.807, 2.05) is 24.3 Å². The van der Waals surface area contributed by atoms with E-state index in [4.69, 9.17) is 4.74 Å². The molecule has 110 valence electrons. The first-order valence-electron chi connectivity index (χ1n) is 6.73. The fourth-order valence-electron chi connectivity index (χ4n) is 1.60. The molecule has 0 saturated carbocycles. The van der Waals surface area contributed by atoms with Gasteiger partial charge in [0.15, 0.2) is 6.61 Å². The van der Waals surface area contributed by atoms with Gasteiger partial charge >= 0.3 is 0 Å². The van der Waals surface area contributed by atoms with Gasteiger partial charge in [-0.3, -0.25) is 9.59 Å². The predicted molar refractivity (Wildman–Crippen MR) is 77.7 cm³/mol. The normalized spacial score (nSPS) is 10.2. The average molecular weight is 278 g/mol. The second-order valence-corrected chi connectivity index (χ2v) is 4.85. The van der Waals surface area contributed by atoms with Crippen molar-refractivity contribution in [2.45, 2.75) is 26.7 Å². The van der Waals surface area contributed by atoms with Gasteiger partial charge in [-0.25, -0.2) is 0 Å². The van der Waals surface area contributed by atoms with Crippen molar-refractivity contribution in [2.75, 3.05) is 19.7 Å². The third-order valence-electron chi connectivity index (χ3n) is 2.72. The first kappa shape index (κ1) is 16.0. The van der Waals surface area contributed by atoms with E-state index in [-0.39, 0.29) is 18.4 Å². The number of benzene rings is 1. The third kappa shape index (κ3) is 6.22. The minimum atomic E-state index is -0.203. The molecular formula is C15H22N2O3. The molecule has 0 aromatic heterocycles. The Labute approximate surface area is 119 Å². The first-order valence-corrected chi connectivity index (χ1v) is 6.73. The van der Waals surface area contributed by atoms with E-state index in [2.05, 4.69) is 24.5 Å². The predicted octanol–water partition coefficient (Wildman–Crippen LogP) is 1.44. The van der Waals surface area contributed by atoms with Gasteiger partial charge in [0.1, 0.15) is 5.75 Å². The highest BCUT2D eigenvalue weighted by atomic mass is 16.5. The van der Waals surface area contributed by atoms with Crippen LogP contribution in [-0.4, -0.2) is 31.5 Å². The van der Waals surface area contributed by atoms with Gasteiger partial charge in [-0.15, -0.1) is 0 Å². The second-order valence-electron chi connectivity index (χ2n) is 4.85. The van der Waals surface area contributed by atoms with Gasteiger partial charge in [-0.05, 0) is 23.6 Å². The van der Waals surface area contributed by atoms with Crippen molar-refractivity contribution in [1.29, 1.82) is 0 Å². The van der Waals surface area contributed by atoms with Crippen LogP contribution in [0.2, 0.25) is 0 Å². The number of ether oxygens (including phenoxy) is 1. The van der Waals surface area contributed by atoms with Crippen molar-refractivity contribution >= 4 is 11.8 Å². The lowest BCUT2D eigenvalue weighted by atomic mass is 10.0. The number of hydrogen-bond acceptors (Lipinski definition) is 3. The highest BCUT2D eigenvalue weighted by Gasteiger charge is 2.04. The zero-order valence-electron chi connectivity index (χ0n) is 12.2. The first-order chi connectivity index (χ1) is 9.49. The number of nitrogens with one attached hydrogen (secondary N) is 2. The van der Waals surface area contributed by atoms with Crippen molar-refractivity contribution < 1.29 is 14.3 Å². The summed E-state index contributed by atoms with van der Waals surface area (Å²) in [6.07, 6.45) is 0. The second kappa shape index (κ2) is 8.19. The van der Waals surface area contributed by atoms with Gasteiger partial charge in [-0.1, -0.05) is 26.0 Å². The van der Waals surface area contributed by atoms with Crippen LogP contribution >= 0.6 is 0 Å². The van der Waals surface area contributed by atoms with E-state index < -0.39 is 0 Å². The Bertz CT molecular complexity index is 458. The molecule has 0 bridgehead atoms. The number of hydrogen-bond donors (Lipinski definition) is 2. The summed E-state index contributed by atoms with van der Waals surface area (Å²) in [4.78, 5) is 22.2. The SMILES string of the molecule is CC(=O)NCCNC(=O)COc1cccc(C(C)C)c1. The molecule has 20 heavy (non-hydrogen) atoms. The summed E-state index contributed by atoms with van der Waals surface area (Å²) in [5.74, 6) is 0.796. The number of amides is 2. The van der Waals surface area contributed by atoms with Crippen LogP contribution in [0, 0.1) is 0 Å². The molecule has 2 N–H and O–H groups in total. The van der Waals surface area contributed by atoms with E-state index in [0.717, 1.165) is 0 Å². The number of carbonyl (C=O) groups is 2. The van der Waals surface area contributed by atoms with Gasteiger partial charge in [0.2, 0.25) is 5.91 Å². The Morgan fingerprint density at radius 2 is 1.90 bits per heavy atom. The molecule has 1 aromatic carbocycles. The highest BCUT2D eigenvalue weighted by molar-refractivity contribution is 5.77. The lowest BCUT2D eigenvalue weighted by molar-refractivity contribution is -0.123. The smallest absolute Gasteiger partial charge is 0.258 e. The Kier molecular flexibility index (Phi) is 6.56. The molecule has 0 atom stereocenters. The number of rotatable bonds is 7. The van der Waals surface area contributed by atoms with Crippen LogP contribution < -0.4 is 15.4 Å². The van der Waals surface area contributed by atoms with Crippen molar-refractivity contribution in [1.82, 2.24) is 10.6 Å². The number of carbonyl (C=O) groups excluding carboxylic acids is 2. The van der Waals surface area contributed by atoms with E-state index >= 15 is 0 Å². The van der Waals surface area contributed by atoms with Crippen LogP contribution in [0.1, 0.15) is 32.3 Å². The molecule has 1 rings (SSSR count). The molecule has 1 aromatic rings. The van der Waals surface area contributed by atoms with Crippen LogP contribution in [0.4, 0.5) is 0 Å². The molecule has 0 radical (unpaired) electrons. The molecule has 5 nitrogen and oxygen atoms in total. The maximum atomic E-state index is 11.5. The maximum Gasteiger partial charge on any atom is 0.258 e. The lowest BCUT2D eigenvalue weighted by Gasteiger charge is -2.10. The van der Waals surface area contributed by atoms with Crippen LogP contribution in [0.25, 0.3) is 0 Å². The van der Waals surface area contributed by atoms with Gasteiger partial charge < -0.3 is 15.4 Å². The largest absolute Gasteiger partial charge is 0.484 e. The van der Waals surface area contributed by atoms with Crippen molar-refractivity contribution in [3.05, 3.63) is 29.8 Å². The highest BCUT2D eigenvalue weighted by Crippen LogP contribution is 2.19. The topological polar surface area (TPSA) is 67.4 Å². The lowest BCUT2D eigenvalue weighted by Crippen LogP contribution is -2.36. The molecule has 0 aliphatic rings. The molecule has 0 heterocycles. The Morgan fingerprint density at radius 3 is 2.55 bits per heavy atom. The van der Waals surface area contributed by atoms with Gasteiger partial charge in [0, 0.05) is 20.0 Å². The molecular weight excluding hydrogens is 256 g/mol. The van der Waals surface area contributed by atoms with Gasteiger partial charge in [-0.2, -0.15) is 0 Å². The van der Waals surface area contributed by atoms with Gasteiger partial charge in [0.05, 0.1) is 0 Å². The summed E-state index contributed by atoms with van der Waals surface area (Å²) in [7, 11) is 0. The molecule has 0 aliphatic heterocycles. The molecule has 0 aliphatic carbocycles. The van der Waals surface area contributed by atoms with E-state index in [0.29, 0.717) is 24.8 Å². The van der Waals surface area contributed by atoms with Gasteiger partial charge in [0.25, 0.3) is 5.91 Å². The summed E-state index contributed by atoms with van der Waals surface area (Å²) in [5.41, 5.74) is 1.17. The van der Waals surface area contributed by atoms with Crippen LogP contribution in [0.5, 0.6) is 5.75 Å². The minimum absolute atomic E-state index is 0.0262. The zero-order chi connectivity index (χ0) is 15.0. The maximum absolute atomic E-state index is 11.5. The van der Waals surface area contributed by atoms with Crippen molar-refractivity contribution in [2.24, 2.45) is 0 Å². The van der Waals surface area contributed by atoms with Crippen molar-refractivity contribution in [3.8, 4) is 5.75 Å². The quantitative estimate of drug-likeness (QED) is 0.742. The van der Waals surface area contributed by atoms with Crippen LogP contribution in [0.15, 0.2) is 24.3 Å². The van der Waals surface area contributed by atoms with E-state index in [9.17, 15) is 9.59 Å². The van der Waals surface area contributed by atoms with E-state index in [1.165, 1.54) is 12.5 Å². The fraction of sp³-hybridized carbons (Fsp3) is 0.467. The Hall–Kier alpha value is -2.04.